The van der Waals surface area contributed by atoms with Gasteiger partial charge in [-0.15, -0.1) is 10.2 Å². The van der Waals surface area contributed by atoms with Crippen molar-refractivity contribution in [2.75, 3.05) is 11.9 Å². The molecule has 0 radical (unpaired) electrons. The maximum absolute atomic E-state index is 5.74. The van der Waals surface area contributed by atoms with Crippen molar-refractivity contribution >= 4 is 5.69 Å². The quantitative estimate of drug-likeness (QED) is 0.503. The van der Waals surface area contributed by atoms with Crippen LogP contribution in [0.1, 0.15) is 76.4 Å². The zero-order chi connectivity index (χ0) is 20.3. The van der Waals surface area contributed by atoms with E-state index >= 15 is 0 Å². The first-order valence-electron chi connectivity index (χ1n) is 10.5. The van der Waals surface area contributed by atoms with Crippen LogP contribution in [-0.2, 0) is 11.8 Å². The van der Waals surface area contributed by atoms with Crippen LogP contribution >= 0.6 is 0 Å². The van der Waals surface area contributed by atoms with Gasteiger partial charge in [0, 0.05) is 35.5 Å². The molecule has 0 amide bonds. The molecule has 7 nitrogen and oxygen atoms in total. The average molecular weight is 396 g/mol. The van der Waals surface area contributed by atoms with E-state index in [-0.39, 0.29) is 5.41 Å². The van der Waals surface area contributed by atoms with Crippen molar-refractivity contribution in [1.82, 2.24) is 20.3 Å². The van der Waals surface area contributed by atoms with E-state index in [2.05, 4.69) is 58.6 Å². The second-order valence-electron chi connectivity index (χ2n) is 8.80. The van der Waals surface area contributed by atoms with Crippen molar-refractivity contribution in [1.29, 1.82) is 0 Å². The van der Waals surface area contributed by atoms with Gasteiger partial charge in [-0.3, -0.25) is 0 Å². The molecule has 0 aliphatic heterocycles. The van der Waals surface area contributed by atoms with Crippen LogP contribution < -0.4 is 5.32 Å². The van der Waals surface area contributed by atoms with E-state index in [1.807, 2.05) is 12.1 Å². The summed E-state index contributed by atoms with van der Waals surface area (Å²) in [6.45, 7) is 7.15. The monoisotopic (exact) mass is 395 g/mol. The fourth-order valence-electron chi connectivity index (χ4n) is 3.09. The van der Waals surface area contributed by atoms with Crippen LogP contribution in [-0.4, -0.2) is 26.9 Å². The molecule has 2 heterocycles. The van der Waals surface area contributed by atoms with E-state index < -0.39 is 0 Å². The lowest BCUT2D eigenvalue weighted by molar-refractivity contribution is 0.368. The number of hydrogen-bond donors (Lipinski definition) is 1. The van der Waals surface area contributed by atoms with Crippen LogP contribution in [0.5, 0.6) is 0 Å². The summed E-state index contributed by atoms with van der Waals surface area (Å²) in [5, 5.41) is 15.9. The topological polar surface area (TPSA) is 89.9 Å². The highest BCUT2D eigenvalue weighted by Gasteiger charge is 2.29. The Bertz CT molecular complexity index is 937. The Labute approximate surface area is 171 Å². The number of anilines is 1. The molecule has 29 heavy (non-hydrogen) atoms. The van der Waals surface area contributed by atoms with Gasteiger partial charge >= 0.3 is 0 Å². The number of benzene rings is 1. The minimum Gasteiger partial charge on any atom is -0.425 e. The zero-order valence-corrected chi connectivity index (χ0v) is 17.4. The fraction of sp³-hybridized carbons (Fsp3) is 0.545. The molecule has 154 valence electrons. The van der Waals surface area contributed by atoms with Crippen molar-refractivity contribution < 1.29 is 8.94 Å². The molecule has 0 saturated heterocycles. The lowest BCUT2D eigenvalue weighted by Gasteiger charge is -2.10. The third kappa shape index (κ3) is 5.22. The predicted octanol–water partition coefficient (Wildman–Crippen LogP) is 5.12. The Morgan fingerprint density at radius 1 is 1.10 bits per heavy atom. The molecule has 1 N–H and O–H groups in total. The van der Waals surface area contributed by atoms with Crippen molar-refractivity contribution in [3.05, 3.63) is 41.9 Å². The standard InChI is InChI=1S/C22H29N5O2/c1-22(2,3)21-26-25-18(28-21)10-5-4-6-13-23-17-9-7-8-16(14-17)20-24-19(27-29-20)15-11-12-15/h7-9,14-15,23H,4-6,10-13H2,1-3H3. The fourth-order valence-corrected chi connectivity index (χ4v) is 3.09. The number of aromatic nitrogens is 4. The smallest absolute Gasteiger partial charge is 0.258 e. The van der Waals surface area contributed by atoms with E-state index in [0.29, 0.717) is 17.7 Å². The van der Waals surface area contributed by atoms with Gasteiger partial charge in [0.15, 0.2) is 5.82 Å². The molecular weight excluding hydrogens is 366 g/mol. The Morgan fingerprint density at radius 3 is 2.72 bits per heavy atom. The maximum atomic E-state index is 5.74. The number of rotatable bonds is 9. The van der Waals surface area contributed by atoms with Crippen LogP contribution in [0.3, 0.4) is 0 Å². The minimum absolute atomic E-state index is 0.0929. The normalized spacial score (nSPS) is 14.3. The van der Waals surface area contributed by atoms with Crippen LogP contribution in [0.25, 0.3) is 11.5 Å². The summed E-state index contributed by atoms with van der Waals surface area (Å²) in [5.41, 5.74) is 1.94. The third-order valence-corrected chi connectivity index (χ3v) is 5.00. The van der Waals surface area contributed by atoms with Gasteiger partial charge in [-0.05, 0) is 43.9 Å². The first kappa shape index (κ1) is 19.6. The molecule has 1 aromatic carbocycles. The van der Waals surface area contributed by atoms with Gasteiger partial charge in [0.2, 0.25) is 11.8 Å². The Balaban J connectivity index is 1.19. The number of nitrogens with zero attached hydrogens (tertiary/aromatic N) is 4. The summed E-state index contributed by atoms with van der Waals surface area (Å²) in [7, 11) is 0. The maximum Gasteiger partial charge on any atom is 0.258 e. The van der Waals surface area contributed by atoms with Crippen LogP contribution in [0.15, 0.2) is 33.2 Å². The second-order valence-corrected chi connectivity index (χ2v) is 8.80. The zero-order valence-electron chi connectivity index (χ0n) is 17.4. The lowest BCUT2D eigenvalue weighted by atomic mass is 9.97. The molecule has 7 heteroatoms. The summed E-state index contributed by atoms with van der Waals surface area (Å²) in [4.78, 5) is 4.52. The number of nitrogens with one attached hydrogen (secondary N) is 1. The SMILES string of the molecule is CC(C)(C)c1nnc(CCCCCNc2cccc(-c3nc(C4CC4)no3)c2)o1. The van der Waals surface area contributed by atoms with Crippen molar-refractivity contribution in [3.63, 3.8) is 0 Å². The largest absolute Gasteiger partial charge is 0.425 e. The van der Waals surface area contributed by atoms with Gasteiger partial charge in [0.1, 0.15) is 0 Å². The molecule has 0 unspecified atom stereocenters. The molecular formula is C22H29N5O2. The predicted molar refractivity (Wildman–Crippen MR) is 111 cm³/mol. The lowest BCUT2D eigenvalue weighted by Crippen LogP contribution is -2.11. The number of aryl methyl sites for hydroxylation is 1. The summed E-state index contributed by atoms with van der Waals surface area (Å²) in [5.74, 6) is 3.39. The van der Waals surface area contributed by atoms with Crippen LogP contribution in [0.2, 0.25) is 0 Å². The van der Waals surface area contributed by atoms with Crippen molar-refractivity contribution in [3.8, 4) is 11.5 Å². The van der Waals surface area contributed by atoms with E-state index in [4.69, 9.17) is 8.94 Å². The third-order valence-electron chi connectivity index (χ3n) is 5.00. The van der Waals surface area contributed by atoms with Gasteiger partial charge < -0.3 is 14.3 Å². The highest BCUT2D eigenvalue weighted by atomic mass is 16.5. The van der Waals surface area contributed by atoms with Crippen LogP contribution in [0.4, 0.5) is 5.69 Å². The molecule has 0 atom stereocenters. The Morgan fingerprint density at radius 2 is 1.97 bits per heavy atom. The van der Waals surface area contributed by atoms with Crippen molar-refractivity contribution in [2.45, 2.75) is 70.6 Å². The highest BCUT2D eigenvalue weighted by molar-refractivity contribution is 5.61. The summed E-state index contributed by atoms with van der Waals surface area (Å²) in [6.07, 6.45) is 6.40. The van der Waals surface area contributed by atoms with E-state index in [1.54, 1.807) is 0 Å². The molecule has 1 fully saturated rings. The van der Waals surface area contributed by atoms with E-state index in [9.17, 15) is 0 Å². The minimum atomic E-state index is -0.0929. The molecule has 3 aromatic rings. The molecule has 0 spiro atoms. The molecule has 4 rings (SSSR count). The molecule has 2 aromatic heterocycles. The number of unbranched alkanes of at least 4 members (excludes halogenated alkanes) is 2. The van der Waals surface area contributed by atoms with Gasteiger partial charge in [0.25, 0.3) is 5.89 Å². The summed E-state index contributed by atoms with van der Waals surface area (Å²) < 4.78 is 11.2. The van der Waals surface area contributed by atoms with Gasteiger partial charge in [-0.25, -0.2) is 0 Å². The molecule has 1 aliphatic carbocycles. The first-order valence-corrected chi connectivity index (χ1v) is 10.5. The highest BCUT2D eigenvalue weighted by Crippen LogP contribution is 2.39. The molecule has 0 bridgehead atoms. The van der Waals surface area contributed by atoms with Crippen LogP contribution in [0, 0.1) is 0 Å². The van der Waals surface area contributed by atoms with Gasteiger partial charge in [-0.2, -0.15) is 4.98 Å². The van der Waals surface area contributed by atoms with Gasteiger partial charge in [0.05, 0.1) is 0 Å². The first-order chi connectivity index (χ1) is 14.0. The summed E-state index contributed by atoms with van der Waals surface area (Å²) >= 11 is 0. The second kappa shape index (κ2) is 8.35. The van der Waals surface area contributed by atoms with Crippen molar-refractivity contribution in [2.24, 2.45) is 0 Å². The Hall–Kier alpha value is -2.70. The molecule has 1 aliphatic rings. The summed E-state index contributed by atoms with van der Waals surface area (Å²) in [6, 6.07) is 8.15. The Kier molecular flexibility index (Phi) is 5.65. The molecule has 1 saturated carbocycles. The number of hydrogen-bond acceptors (Lipinski definition) is 7. The van der Waals surface area contributed by atoms with E-state index in [1.165, 1.54) is 12.8 Å². The van der Waals surface area contributed by atoms with Gasteiger partial charge in [-0.1, -0.05) is 38.4 Å². The van der Waals surface area contributed by atoms with E-state index in [0.717, 1.165) is 55.2 Å². The average Bonchev–Trinajstić information content (AvgIpc) is 3.22.